The number of carbonyl (C=O) groups excluding carboxylic acids is 2. The van der Waals surface area contributed by atoms with Crippen LogP contribution in [-0.4, -0.2) is 34.8 Å². The van der Waals surface area contributed by atoms with E-state index in [4.69, 9.17) is 5.73 Å². The maximum Gasteiger partial charge on any atom is 0.298 e. The largest absolute Gasteiger partial charge is 0.365 e. The Morgan fingerprint density at radius 1 is 1.26 bits per heavy atom. The molecule has 1 aliphatic heterocycles. The molecule has 142 valence electrons. The quantitative estimate of drug-likeness (QED) is 0.794. The first kappa shape index (κ1) is 18.9. The molecule has 3 rings (SSSR count). The van der Waals surface area contributed by atoms with Gasteiger partial charge in [0.15, 0.2) is 11.6 Å². The number of carbonyl (C=O) groups is 2. The van der Waals surface area contributed by atoms with Gasteiger partial charge in [0.2, 0.25) is 0 Å². The molecule has 1 aromatic heterocycles. The molecule has 1 aliphatic rings. The molecule has 27 heavy (non-hydrogen) atoms. The summed E-state index contributed by atoms with van der Waals surface area (Å²) < 4.78 is 29.8. The maximum absolute atomic E-state index is 15.1. The predicted molar refractivity (Wildman–Crippen MR) is 98.2 cm³/mol. The number of H-pyrrole nitrogens is 1. The molecule has 1 fully saturated rings. The van der Waals surface area contributed by atoms with Gasteiger partial charge < -0.3 is 15.6 Å². The fourth-order valence-corrected chi connectivity index (χ4v) is 3.89. The molecule has 2 heterocycles. The van der Waals surface area contributed by atoms with Gasteiger partial charge in [-0.3, -0.25) is 9.59 Å². The summed E-state index contributed by atoms with van der Waals surface area (Å²) in [5.41, 5.74) is 6.67. The molecule has 0 bridgehead atoms. The molecule has 0 saturated carbocycles. The van der Waals surface area contributed by atoms with Crippen LogP contribution in [-0.2, 0) is 4.79 Å². The predicted octanol–water partition coefficient (Wildman–Crippen LogP) is 2.89. The first-order valence-electron chi connectivity index (χ1n) is 8.79. The lowest BCUT2D eigenvalue weighted by Crippen LogP contribution is -2.38. The van der Waals surface area contributed by atoms with Crippen LogP contribution in [0.15, 0.2) is 0 Å². The monoisotopic (exact) mass is 373 g/mol. The second-order valence-electron chi connectivity index (χ2n) is 6.87. The number of nitrogens with one attached hydrogen (secondary N) is 1. The number of halogens is 2. The van der Waals surface area contributed by atoms with Crippen molar-refractivity contribution in [2.24, 2.45) is 5.73 Å². The highest BCUT2D eigenvalue weighted by molar-refractivity contribution is 6.07. The maximum atomic E-state index is 15.1. The zero-order valence-corrected chi connectivity index (χ0v) is 15.5. The SMILES string of the molecule is CC#CC(=O)N1CCCC(c2c(F)c(F)c(C(N)=O)c3[nH]c(C)c(C)c23)C1. The zero-order valence-electron chi connectivity index (χ0n) is 15.5. The van der Waals surface area contributed by atoms with E-state index in [0.29, 0.717) is 30.5 Å². The lowest BCUT2D eigenvalue weighted by Gasteiger charge is -2.32. The second kappa shape index (κ2) is 7.03. The number of hydrogen-bond acceptors (Lipinski definition) is 2. The number of aromatic amines is 1. The van der Waals surface area contributed by atoms with E-state index in [1.165, 1.54) is 0 Å². The van der Waals surface area contributed by atoms with Gasteiger partial charge in [-0.1, -0.05) is 5.92 Å². The van der Waals surface area contributed by atoms with Crippen LogP contribution in [0.1, 0.15) is 52.9 Å². The number of piperidine rings is 1. The van der Waals surface area contributed by atoms with Crippen molar-refractivity contribution in [2.45, 2.75) is 39.5 Å². The van der Waals surface area contributed by atoms with E-state index in [2.05, 4.69) is 16.8 Å². The molecule has 7 heteroatoms. The minimum atomic E-state index is -1.25. The molecule has 1 unspecified atom stereocenters. The molecule has 0 radical (unpaired) electrons. The van der Waals surface area contributed by atoms with Crippen LogP contribution >= 0.6 is 0 Å². The topological polar surface area (TPSA) is 79.2 Å². The molecule has 1 atom stereocenters. The number of benzene rings is 1. The summed E-state index contributed by atoms with van der Waals surface area (Å²) in [6, 6.07) is 0. The van der Waals surface area contributed by atoms with Crippen molar-refractivity contribution in [3.63, 3.8) is 0 Å². The van der Waals surface area contributed by atoms with Gasteiger partial charge >= 0.3 is 0 Å². The molecule has 1 saturated heterocycles. The normalized spacial score (nSPS) is 16.9. The number of amides is 2. The second-order valence-corrected chi connectivity index (χ2v) is 6.87. The number of aryl methyl sites for hydroxylation is 2. The summed E-state index contributed by atoms with van der Waals surface area (Å²) >= 11 is 0. The lowest BCUT2D eigenvalue weighted by atomic mass is 9.85. The summed E-state index contributed by atoms with van der Waals surface area (Å²) in [6.07, 6.45) is 1.26. The number of nitrogens with zero attached hydrogens (tertiary/aromatic N) is 1. The minimum Gasteiger partial charge on any atom is -0.365 e. The van der Waals surface area contributed by atoms with E-state index in [1.807, 2.05) is 0 Å². The summed E-state index contributed by atoms with van der Waals surface area (Å²) in [6.45, 7) is 5.91. The number of likely N-dealkylation sites (tertiary alicyclic amines) is 1. The summed E-state index contributed by atoms with van der Waals surface area (Å²) in [7, 11) is 0. The Hall–Kier alpha value is -2.88. The van der Waals surface area contributed by atoms with E-state index in [0.717, 1.165) is 5.56 Å². The summed E-state index contributed by atoms with van der Waals surface area (Å²) in [5.74, 6) is 1.00. The van der Waals surface area contributed by atoms with Crippen LogP contribution < -0.4 is 5.73 Å². The van der Waals surface area contributed by atoms with Crippen molar-refractivity contribution in [3.05, 3.63) is 34.0 Å². The van der Waals surface area contributed by atoms with Crippen LogP contribution in [0.3, 0.4) is 0 Å². The summed E-state index contributed by atoms with van der Waals surface area (Å²) in [5, 5.41) is 0.473. The van der Waals surface area contributed by atoms with Crippen LogP contribution in [0.5, 0.6) is 0 Å². The van der Waals surface area contributed by atoms with Crippen molar-refractivity contribution >= 4 is 22.7 Å². The minimum absolute atomic E-state index is 0.191. The van der Waals surface area contributed by atoms with Crippen molar-refractivity contribution in [1.29, 1.82) is 0 Å². The van der Waals surface area contributed by atoms with Gasteiger partial charge in [-0.25, -0.2) is 8.78 Å². The van der Waals surface area contributed by atoms with Gasteiger partial charge in [0, 0.05) is 35.7 Å². The van der Waals surface area contributed by atoms with Gasteiger partial charge in [0.1, 0.15) is 5.56 Å². The highest BCUT2D eigenvalue weighted by Crippen LogP contribution is 2.39. The molecule has 2 aromatic rings. The smallest absolute Gasteiger partial charge is 0.298 e. The van der Waals surface area contributed by atoms with Gasteiger partial charge in [0.25, 0.3) is 11.8 Å². The van der Waals surface area contributed by atoms with Crippen molar-refractivity contribution < 1.29 is 18.4 Å². The number of fused-ring (bicyclic) bond motifs is 1. The van der Waals surface area contributed by atoms with Crippen molar-refractivity contribution in [1.82, 2.24) is 9.88 Å². The average molecular weight is 373 g/mol. The number of rotatable bonds is 2. The molecular weight excluding hydrogens is 352 g/mol. The van der Waals surface area contributed by atoms with Crippen LogP contribution in [0.2, 0.25) is 0 Å². The van der Waals surface area contributed by atoms with Crippen LogP contribution in [0.4, 0.5) is 8.78 Å². The lowest BCUT2D eigenvalue weighted by molar-refractivity contribution is -0.126. The Labute approximate surface area is 155 Å². The summed E-state index contributed by atoms with van der Waals surface area (Å²) in [4.78, 5) is 28.4. The first-order valence-corrected chi connectivity index (χ1v) is 8.79. The molecular formula is C20H21F2N3O2. The molecule has 5 nitrogen and oxygen atoms in total. The molecule has 2 amide bonds. The first-order chi connectivity index (χ1) is 12.8. The third-order valence-electron chi connectivity index (χ3n) is 5.26. The van der Waals surface area contributed by atoms with Gasteiger partial charge in [-0.15, -0.1) is 0 Å². The van der Waals surface area contributed by atoms with E-state index < -0.39 is 29.0 Å². The number of primary amides is 1. The molecule has 3 N–H and O–H groups in total. The Bertz CT molecular complexity index is 1010. The zero-order chi connectivity index (χ0) is 19.9. The van der Waals surface area contributed by atoms with Crippen LogP contribution in [0, 0.1) is 37.3 Å². The van der Waals surface area contributed by atoms with Gasteiger partial charge in [-0.2, -0.15) is 0 Å². The Kier molecular flexibility index (Phi) is 4.92. The van der Waals surface area contributed by atoms with Crippen molar-refractivity contribution in [3.8, 4) is 11.8 Å². The number of nitrogens with two attached hydrogens (primary N) is 1. The molecule has 0 aliphatic carbocycles. The fraction of sp³-hybridized carbons (Fsp3) is 0.400. The fourth-order valence-electron chi connectivity index (χ4n) is 3.89. The highest BCUT2D eigenvalue weighted by Gasteiger charge is 2.33. The van der Waals surface area contributed by atoms with E-state index in [9.17, 15) is 14.0 Å². The van der Waals surface area contributed by atoms with E-state index in [-0.39, 0.29) is 23.5 Å². The third-order valence-corrected chi connectivity index (χ3v) is 5.26. The molecule has 0 spiro atoms. The Morgan fingerprint density at radius 2 is 1.96 bits per heavy atom. The standard InChI is InChI=1S/C20H21F2N3O2/c1-4-6-13(26)25-8-5-7-12(9-25)15-14-10(2)11(3)24-19(14)16(20(23)27)18(22)17(15)21/h12,24H,5,7-9H2,1-3H3,(H2,23,27). The highest BCUT2D eigenvalue weighted by atomic mass is 19.2. The van der Waals surface area contributed by atoms with Gasteiger partial charge in [-0.05, 0) is 45.1 Å². The van der Waals surface area contributed by atoms with Gasteiger partial charge in [0.05, 0.1) is 5.52 Å². The average Bonchev–Trinajstić information content (AvgIpc) is 2.90. The van der Waals surface area contributed by atoms with E-state index >= 15 is 4.39 Å². The Morgan fingerprint density at radius 3 is 2.59 bits per heavy atom. The van der Waals surface area contributed by atoms with Crippen LogP contribution in [0.25, 0.3) is 10.9 Å². The Balaban J connectivity index is 2.21. The molecule has 1 aromatic carbocycles. The van der Waals surface area contributed by atoms with E-state index in [1.54, 1.807) is 25.7 Å². The number of aromatic nitrogens is 1. The number of hydrogen-bond donors (Lipinski definition) is 2. The third kappa shape index (κ3) is 3.05. The van der Waals surface area contributed by atoms with Crippen molar-refractivity contribution in [2.75, 3.05) is 13.1 Å².